The van der Waals surface area contributed by atoms with Crippen LogP contribution in [0.5, 0.6) is 0 Å². The minimum atomic E-state index is -3.41. The molecule has 2 aromatic heterocycles. The van der Waals surface area contributed by atoms with Gasteiger partial charge in [0, 0.05) is 48.4 Å². The minimum absolute atomic E-state index is 0.378. The first-order valence-electron chi connectivity index (χ1n) is 10.9. The summed E-state index contributed by atoms with van der Waals surface area (Å²) in [6, 6.07) is 13.9. The van der Waals surface area contributed by atoms with Gasteiger partial charge in [0.2, 0.25) is 0 Å². The van der Waals surface area contributed by atoms with E-state index < -0.39 is 10.0 Å². The zero-order chi connectivity index (χ0) is 25.1. The molecule has 1 N–H and O–H groups in total. The fourth-order valence-electron chi connectivity index (χ4n) is 3.75. The first-order chi connectivity index (χ1) is 17.4. The Morgan fingerprint density at radius 1 is 1.11 bits per heavy atom. The summed E-state index contributed by atoms with van der Waals surface area (Å²) in [5.41, 5.74) is 4.67. The monoisotopic (exact) mass is 521 g/mol. The summed E-state index contributed by atoms with van der Waals surface area (Å²) in [4.78, 5) is 16.7. The third-order valence-corrected chi connectivity index (χ3v) is 6.87. The molecule has 12 heteroatoms. The second kappa shape index (κ2) is 10.1. The normalized spacial score (nSPS) is 13.0. The summed E-state index contributed by atoms with van der Waals surface area (Å²) in [5, 5.41) is 3.70. The van der Waals surface area contributed by atoms with Gasteiger partial charge in [-0.3, -0.25) is 4.90 Å². The van der Waals surface area contributed by atoms with Crippen molar-refractivity contribution in [2.75, 3.05) is 30.3 Å². The molecule has 184 valence electrons. The molecule has 10 nitrogen and oxygen atoms in total. The van der Waals surface area contributed by atoms with Crippen LogP contribution in [0.3, 0.4) is 0 Å². The Labute approximate surface area is 213 Å². The van der Waals surface area contributed by atoms with Crippen LogP contribution in [-0.2, 0) is 21.3 Å². The highest BCUT2D eigenvalue weighted by molar-refractivity contribution is 7.99. The van der Waals surface area contributed by atoms with Crippen molar-refractivity contribution in [2.24, 2.45) is 4.40 Å². The highest BCUT2D eigenvalue weighted by Gasteiger charge is 2.25. The Morgan fingerprint density at radius 2 is 1.92 bits per heavy atom. The molecule has 1 aliphatic heterocycles. The van der Waals surface area contributed by atoms with Crippen LogP contribution < -0.4 is 10.2 Å². The van der Waals surface area contributed by atoms with Crippen molar-refractivity contribution in [1.82, 2.24) is 19.5 Å². The molecule has 0 spiro atoms. The van der Waals surface area contributed by atoms with Crippen molar-refractivity contribution in [2.45, 2.75) is 16.5 Å². The number of imidazole rings is 1. The number of methoxy groups -OCH3 is 1. The lowest BCUT2D eigenvalue weighted by molar-refractivity contribution is 0.204. The summed E-state index contributed by atoms with van der Waals surface area (Å²) in [7, 11) is -1.75. The van der Waals surface area contributed by atoms with Gasteiger partial charge in [-0.2, -0.15) is 4.40 Å². The molecule has 3 heterocycles. The number of anilines is 3. The quantitative estimate of drug-likeness (QED) is 0.271. The lowest BCUT2D eigenvalue weighted by atomic mass is 10.1. The standard InChI is InChI=1S/C24H23N7O3S2/c1-34-16-31-21-11-17(3-8-22(21)35-24-23(31)25-9-10-26-24)12-30-13-20(28-15-30)18-4-6-19(7-5-18)27-14-29-36(2,32)33/h3-11,13-15H,12,16H2,1-2H3,(H,27,29). The first-order valence-corrected chi connectivity index (χ1v) is 13.6. The predicted molar refractivity (Wildman–Crippen MR) is 140 cm³/mol. The highest BCUT2D eigenvalue weighted by Crippen LogP contribution is 2.46. The van der Waals surface area contributed by atoms with E-state index in [4.69, 9.17) is 4.74 Å². The summed E-state index contributed by atoms with van der Waals surface area (Å²) < 4.78 is 33.1. The van der Waals surface area contributed by atoms with Gasteiger partial charge >= 0.3 is 0 Å². The number of nitrogens with zero attached hydrogens (tertiary/aromatic N) is 6. The van der Waals surface area contributed by atoms with E-state index in [0.717, 1.165) is 56.5 Å². The Hall–Kier alpha value is -3.74. The van der Waals surface area contributed by atoms with Gasteiger partial charge in [0.15, 0.2) is 5.82 Å². The number of fused-ring (bicyclic) bond motifs is 2. The predicted octanol–water partition coefficient (Wildman–Crippen LogP) is 3.99. The topological polar surface area (TPSA) is 115 Å². The lowest BCUT2D eigenvalue weighted by Gasteiger charge is -2.30. The fraction of sp³-hybridized carbons (Fsp3) is 0.167. The maximum atomic E-state index is 11.1. The van der Waals surface area contributed by atoms with Gasteiger partial charge in [-0.25, -0.2) is 23.4 Å². The zero-order valence-corrected chi connectivity index (χ0v) is 21.2. The molecule has 1 aliphatic rings. The summed E-state index contributed by atoms with van der Waals surface area (Å²) in [5.74, 6) is 0.791. The number of rotatable bonds is 8. The number of sulfonamides is 1. The van der Waals surface area contributed by atoms with E-state index in [9.17, 15) is 8.42 Å². The van der Waals surface area contributed by atoms with Gasteiger partial charge in [0.1, 0.15) is 18.1 Å². The van der Waals surface area contributed by atoms with Crippen molar-refractivity contribution < 1.29 is 13.2 Å². The SMILES string of the molecule is COCN1c2cc(Cn3cnc(-c4ccc(NC=NS(C)(=O)=O)cc4)c3)ccc2Sc2nccnc21. The number of benzene rings is 2. The summed E-state index contributed by atoms with van der Waals surface area (Å²) in [6.07, 6.45) is 9.39. The van der Waals surface area contributed by atoms with Crippen molar-refractivity contribution in [3.8, 4) is 11.3 Å². The number of ether oxygens (including phenoxy) is 1. The van der Waals surface area contributed by atoms with Crippen LogP contribution in [0.4, 0.5) is 17.2 Å². The van der Waals surface area contributed by atoms with E-state index in [0.29, 0.717) is 13.3 Å². The van der Waals surface area contributed by atoms with E-state index in [1.807, 2.05) is 46.3 Å². The van der Waals surface area contributed by atoms with Crippen molar-refractivity contribution in [1.29, 1.82) is 0 Å². The Morgan fingerprint density at radius 3 is 2.69 bits per heavy atom. The van der Waals surface area contributed by atoms with Crippen molar-refractivity contribution >= 4 is 45.3 Å². The molecule has 0 fully saturated rings. The van der Waals surface area contributed by atoms with Gasteiger partial charge in [0.05, 0.1) is 24.0 Å². The molecule has 0 bridgehead atoms. The van der Waals surface area contributed by atoms with Crippen LogP contribution in [0.1, 0.15) is 5.56 Å². The molecule has 4 aromatic rings. The third-order valence-electron chi connectivity index (χ3n) is 5.34. The van der Waals surface area contributed by atoms with Crippen LogP contribution in [0.25, 0.3) is 11.3 Å². The van der Waals surface area contributed by atoms with E-state index in [-0.39, 0.29) is 0 Å². The molecule has 2 aromatic carbocycles. The average Bonchev–Trinajstić information content (AvgIpc) is 3.32. The molecular formula is C24H23N7O3S2. The van der Waals surface area contributed by atoms with E-state index >= 15 is 0 Å². The fourth-order valence-corrected chi connectivity index (χ4v) is 4.98. The molecule has 0 aliphatic carbocycles. The molecule has 0 saturated carbocycles. The number of nitrogens with one attached hydrogen (secondary N) is 1. The number of hydrogen-bond acceptors (Lipinski definition) is 8. The maximum absolute atomic E-state index is 11.1. The molecule has 0 radical (unpaired) electrons. The van der Waals surface area contributed by atoms with Gasteiger partial charge in [0.25, 0.3) is 10.0 Å². The second-order valence-corrected chi connectivity index (χ2v) is 10.8. The average molecular weight is 522 g/mol. The van der Waals surface area contributed by atoms with Crippen LogP contribution in [0, 0.1) is 0 Å². The zero-order valence-electron chi connectivity index (χ0n) is 19.6. The Bertz CT molecular complexity index is 1520. The highest BCUT2D eigenvalue weighted by atomic mass is 32.2. The van der Waals surface area contributed by atoms with Crippen LogP contribution in [0.2, 0.25) is 0 Å². The van der Waals surface area contributed by atoms with E-state index in [1.54, 1.807) is 31.3 Å². The van der Waals surface area contributed by atoms with Gasteiger partial charge in [-0.05, 0) is 29.8 Å². The van der Waals surface area contributed by atoms with Gasteiger partial charge in [-0.1, -0.05) is 30.0 Å². The van der Waals surface area contributed by atoms with E-state index in [2.05, 4.69) is 42.9 Å². The van der Waals surface area contributed by atoms with Crippen molar-refractivity contribution in [3.05, 3.63) is 72.9 Å². The summed E-state index contributed by atoms with van der Waals surface area (Å²) in [6.45, 7) is 1.03. The Balaban J connectivity index is 1.31. The summed E-state index contributed by atoms with van der Waals surface area (Å²) >= 11 is 1.60. The molecule has 0 unspecified atom stereocenters. The van der Waals surface area contributed by atoms with Crippen LogP contribution in [-0.4, -0.2) is 54.4 Å². The number of hydrogen-bond donors (Lipinski definition) is 1. The second-order valence-electron chi connectivity index (χ2n) is 8.06. The molecule has 0 atom stereocenters. The smallest absolute Gasteiger partial charge is 0.251 e. The molecule has 5 rings (SSSR count). The van der Waals surface area contributed by atoms with Crippen molar-refractivity contribution in [3.63, 3.8) is 0 Å². The van der Waals surface area contributed by atoms with Crippen LogP contribution in [0.15, 0.2) is 81.7 Å². The van der Waals surface area contributed by atoms with E-state index in [1.165, 1.54) is 0 Å². The van der Waals surface area contributed by atoms with Gasteiger partial charge < -0.3 is 14.6 Å². The molecule has 0 saturated heterocycles. The van der Waals surface area contributed by atoms with Gasteiger partial charge in [-0.15, -0.1) is 0 Å². The molecule has 0 amide bonds. The number of aromatic nitrogens is 4. The maximum Gasteiger partial charge on any atom is 0.251 e. The Kier molecular flexibility index (Phi) is 6.72. The largest absolute Gasteiger partial charge is 0.364 e. The third kappa shape index (κ3) is 5.40. The van der Waals surface area contributed by atoms with Crippen LogP contribution >= 0.6 is 11.8 Å². The molecular weight excluding hydrogens is 498 g/mol. The lowest BCUT2D eigenvalue weighted by Crippen LogP contribution is -2.24. The molecule has 36 heavy (non-hydrogen) atoms. The first kappa shape index (κ1) is 24.0. The minimum Gasteiger partial charge on any atom is -0.364 e.